The summed E-state index contributed by atoms with van der Waals surface area (Å²) >= 11 is 0. The molecule has 0 aromatic heterocycles. The molecule has 0 aliphatic heterocycles. The number of likely N-dealkylation sites (N-methyl/N-ethyl adjacent to an activating group) is 1. The first kappa shape index (κ1) is 13.7. The minimum absolute atomic E-state index is 0.558. The van der Waals surface area contributed by atoms with Gasteiger partial charge in [0.25, 0.3) is 0 Å². The minimum atomic E-state index is -1.56. The molecule has 1 aliphatic rings. The van der Waals surface area contributed by atoms with E-state index in [1.165, 1.54) is 6.42 Å². The van der Waals surface area contributed by atoms with E-state index in [0.29, 0.717) is 0 Å². The van der Waals surface area contributed by atoms with E-state index in [-0.39, 0.29) is 0 Å². The zero-order valence-electron chi connectivity index (χ0n) is 11.0. The number of carboxylic acid groups (broad SMARTS) is 1. The lowest BCUT2D eigenvalue weighted by molar-refractivity contribution is -0.150. The highest BCUT2D eigenvalue weighted by Crippen LogP contribution is 2.36. The van der Waals surface area contributed by atoms with Crippen LogP contribution in [0.2, 0.25) is 19.6 Å². The highest BCUT2D eigenvalue weighted by atomic mass is 28.3. The second-order valence-electron chi connectivity index (χ2n) is 5.81. The number of aliphatic carboxylic acids is 1. The smallest absolute Gasteiger partial charge is 0.323 e. The van der Waals surface area contributed by atoms with E-state index in [9.17, 15) is 9.90 Å². The molecular weight excluding hydrogens is 218 g/mol. The lowest BCUT2D eigenvalue weighted by atomic mass is 9.81. The molecule has 1 rings (SSSR count). The molecule has 4 heteroatoms. The fraction of sp³-hybridized carbons (Fsp3) is 0.917. The predicted molar refractivity (Wildman–Crippen MR) is 69.2 cm³/mol. The van der Waals surface area contributed by atoms with Gasteiger partial charge < -0.3 is 9.67 Å². The van der Waals surface area contributed by atoms with Crippen LogP contribution < -0.4 is 0 Å². The van der Waals surface area contributed by atoms with Gasteiger partial charge in [-0.1, -0.05) is 45.8 Å². The molecule has 0 atom stereocenters. The monoisotopic (exact) mass is 243 g/mol. The first-order chi connectivity index (χ1) is 7.34. The molecule has 0 amide bonds. The molecular formula is C12H25NO2Si. The van der Waals surface area contributed by atoms with Gasteiger partial charge in [-0.2, -0.15) is 0 Å². The number of rotatable bonds is 4. The van der Waals surface area contributed by atoms with Crippen LogP contribution in [0.15, 0.2) is 0 Å². The highest BCUT2D eigenvalue weighted by molar-refractivity contribution is 6.73. The fourth-order valence-electron chi connectivity index (χ4n) is 3.15. The molecule has 1 N–H and O–H groups in total. The average Bonchev–Trinajstić information content (AvgIpc) is 2.17. The van der Waals surface area contributed by atoms with Gasteiger partial charge >= 0.3 is 5.97 Å². The zero-order valence-corrected chi connectivity index (χ0v) is 12.0. The normalized spacial score (nSPS) is 21.1. The Bertz CT molecular complexity index is 254. The average molecular weight is 243 g/mol. The van der Waals surface area contributed by atoms with E-state index in [4.69, 9.17) is 0 Å². The van der Waals surface area contributed by atoms with Gasteiger partial charge in [-0.25, -0.2) is 0 Å². The van der Waals surface area contributed by atoms with Gasteiger partial charge in [0.15, 0.2) is 0 Å². The summed E-state index contributed by atoms with van der Waals surface area (Å²) in [7, 11) is -1.56. The van der Waals surface area contributed by atoms with Crippen LogP contribution in [-0.2, 0) is 4.79 Å². The summed E-state index contributed by atoms with van der Waals surface area (Å²) < 4.78 is 2.31. The molecule has 0 aromatic rings. The molecule has 0 radical (unpaired) electrons. The third-order valence-corrected chi connectivity index (χ3v) is 6.09. The van der Waals surface area contributed by atoms with E-state index >= 15 is 0 Å². The quantitative estimate of drug-likeness (QED) is 0.772. The second kappa shape index (κ2) is 4.88. The number of hydrogen-bond donors (Lipinski definition) is 1. The van der Waals surface area contributed by atoms with Crippen LogP contribution in [0.3, 0.4) is 0 Å². The Morgan fingerprint density at radius 2 is 1.75 bits per heavy atom. The van der Waals surface area contributed by atoms with Crippen molar-refractivity contribution in [3.05, 3.63) is 0 Å². The Hall–Kier alpha value is -0.353. The molecule has 94 valence electrons. The summed E-state index contributed by atoms with van der Waals surface area (Å²) in [6.45, 7) is 9.70. The van der Waals surface area contributed by atoms with Crippen LogP contribution in [0.5, 0.6) is 0 Å². The van der Waals surface area contributed by atoms with Crippen molar-refractivity contribution in [2.24, 2.45) is 0 Å². The topological polar surface area (TPSA) is 40.5 Å². The van der Waals surface area contributed by atoms with Crippen molar-refractivity contribution in [1.82, 2.24) is 4.57 Å². The van der Waals surface area contributed by atoms with Gasteiger partial charge in [0.1, 0.15) is 13.8 Å². The third kappa shape index (κ3) is 2.48. The van der Waals surface area contributed by atoms with Crippen molar-refractivity contribution in [2.75, 3.05) is 6.54 Å². The van der Waals surface area contributed by atoms with E-state index in [1.54, 1.807) is 0 Å². The van der Waals surface area contributed by atoms with E-state index in [1.807, 2.05) is 0 Å². The maximum absolute atomic E-state index is 11.7. The minimum Gasteiger partial charge on any atom is -0.480 e. The Morgan fingerprint density at radius 1 is 1.25 bits per heavy atom. The van der Waals surface area contributed by atoms with Crippen molar-refractivity contribution < 1.29 is 9.90 Å². The molecule has 0 heterocycles. The summed E-state index contributed by atoms with van der Waals surface area (Å²) in [6.07, 6.45) is 4.99. The lowest BCUT2D eigenvalue weighted by Gasteiger charge is -2.49. The Balaban J connectivity index is 3.03. The molecule has 16 heavy (non-hydrogen) atoms. The first-order valence-corrected chi connectivity index (χ1v) is 9.80. The van der Waals surface area contributed by atoms with Crippen molar-refractivity contribution in [1.29, 1.82) is 0 Å². The summed E-state index contributed by atoms with van der Waals surface area (Å²) in [5.74, 6) is -0.600. The van der Waals surface area contributed by atoms with E-state index in [2.05, 4.69) is 31.1 Å². The van der Waals surface area contributed by atoms with E-state index in [0.717, 1.165) is 32.2 Å². The highest BCUT2D eigenvalue weighted by Gasteiger charge is 2.48. The van der Waals surface area contributed by atoms with Crippen molar-refractivity contribution in [3.63, 3.8) is 0 Å². The van der Waals surface area contributed by atoms with Gasteiger partial charge in [-0.05, 0) is 19.4 Å². The molecule has 0 aromatic carbocycles. The number of nitrogens with zero attached hydrogens (tertiary/aromatic N) is 1. The van der Waals surface area contributed by atoms with E-state index < -0.39 is 19.7 Å². The van der Waals surface area contributed by atoms with Crippen molar-refractivity contribution >= 4 is 14.2 Å². The maximum atomic E-state index is 11.7. The Kier molecular flexibility index (Phi) is 4.18. The number of hydrogen-bond acceptors (Lipinski definition) is 2. The van der Waals surface area contributed by atoms with Crippen LogP contribution >= 0.6 is 0 Å². The van der Waals surface area contributed by atoms with Crippen LogP contribution in [0.4, 0.5) is 0 Å². The summed E-state index contributed by atoms with van der Waals surface area (Å²) in [5, 5.41) is 9.63. The first-order valence-electron chi connectivity index (χ1n) is 6.36. The summed E-state index contributed by atoms with van der Waals surface area (Å²) in [6, 6.07) is 0. The Labute approximate surface area is 99.9 Å². The second-order valence-corrected chi connectivity index (χ2v) is 10.7. The number of carboxylic acids is 1. The third-order valence-electron chi connectivity index (χ3n) is 3.72. The maximum Gasteiger partial charge on any atom is 0.323 e. The van der Waals surface area contributed by atoms with Gasteiger partial charge in [0, 0.05) is 0 Å². The molecule has 1 aliphatic carbocycles. The lowest BCUT2D eigenvalue weighted by Crippen LogP contribution is -2.64. The van der Waals surface area contributed by atoms with Gasteiger partial charge in [0.2, 0.25) is 0 Å². The molecule has 3 nitrogen and oxygen atoms in total. The van der Waals surface area contributed by atoms with Crippen molar-refractivity contribution in [2.45, 2.75) is 64.2 Å². The molecule has 1 saturated carbocycles. The summed E-state index contributed by atoms with van der Waals surface area (Å²) in [5.41, 5.74) is -0.558. The molecule has 0 spiro atoms. The molecule has 1 fully saturated rings. The van der Waals surface area contributed by atoms with Crippen LogP contribution in [0.25, 0.3) is 0 Å². The SMILES string of the molecule is CCN(C1(C(=O)O)CCCCC1)[Si](C)(C)C. The van der Waals surface area contributed by atoms with Crippen LogP contribution in [-0.4, -0.2) is 36.0 Å². The van der Waals surface area contributed by atoms with Gasteiger partial charge in [-0.3, -0.25) is 4.79 Å². The number of carbonyl (C=O) groups is 1. The van der Waals surface area contributed by atoms with Crippen LogP contribution in [0.1, 0.15) is 39.0 Å². The predicted octanol–water partition coefficient (Wildman–Crippen LogP) is 2.93. The van der Waals surface area contributed by atoms with Crippen molar-refractivity contribution in [3.8, 4) is 0 Å². The summed E-state index contributed by atoms with van der Waals surface area (Å²) in [4.78, 5) is 11.7. The standard InChI is InChI=1S/C12H25NO2Si/c1-5-13(16(2,3)4)12(11(14)15)9-7-6-8-10-12/h5-10H2,1-4H3,(H,14,15). The Morgan fingerprint density at radius 3 is 2.06 bits per heavy atom. The molecule has 0 unspecified atom stereocenters. The van der Waals surface area contributed by atoms with Gasteiger partial charge in [0.05, 0.1) is 0 Å². The van der Waals surface area contributed by atoms with Gasteiger partial charge in [-0.15, -0.1) is 0 Å². The molecule has 0 saturated heterocycles. The largest absolute Gasteiger partial charge is 0.480 e. The molecule has 0 bridgehead atoms. The fourth-order valence-corrected chi connectivity index (χ4v) is 5.71. The zero-order chi connectivity index (χ0) is 12.4. The van der Waals surface area contributed by atoms with Crippen LogP contribution in [0, 0.1) is 0 Å².